The maximum Gasteiger partial charge on any atom is 0.223 e. The summed E-state index contributed by atoms with van der Waals surface area (Å²) in [5.74, 6) is 0.997. The molecule has 1 fully saturated rings. The first-order chi connectivity index (χ1) is 13.2. The van der Waals surface area contributed by atoms with Crippen molar-refractivity contribution in [1.82, 2.24) is 15.1 Å². The van der Waals surface area contributed by atoms with Gasteiger partial charge in [0.1, 0.15) is 0 Å². The zero-order valence-corrected chi connectivity index (χ0v) is 17.8. The van der Waals surface area contributed by atoms with E-state index in [4.69, 9.17) is 0 Å². The van der Waals surface area contributed by atoms with Crippen molar-refractivity contribution in [3.05, 3.63) is 35.4 Å². The van der Waals surface area contributed by atoms with Gasteiger partial charge in [-0.3, -0.25) is 9.79 Å². The second-order valence-corrected chi connectivity index (χ2v) is 10.8. The van der Waals surface area contributed by atoms with Gasteiger partial charge < -0.3 is 15.1 Å². The van der Waals surface area contributed by atoms with Crippen LogP contribution in [0.4, 0.5) is 0 Å². The highest BCUT2D eigenvalue weighted by Gasteiger charge is 2.40. The van der Waals surface area contributed by atoms with Crippen LogP contribution in [0.5, 0.6) is 0 Å². The number of nitrogens with zero attached hydrogens (tertiary/aromatic N) is 3. The van der Waals surface area contributed by atoms with E-state index in [0.29, 0.717) is 51.5 Å². The molecule has 1 N–H and O–H groups in total. The minimum atomic E-state index is -3.08. The molecule has 0 aromatic heterocycles. The summed E-state index contributed by atoms with van der Waals surface area (Å²) in [4.78, 5) is 20.7. The third kappa shape index (κ3) is 4.32. The second-order valence-electron chi connectivity index (χ2n) is 8.10. The molecule has 0 aliphatic carbocycles. The number of carbonyl (C=O) groups is 1. The predicted octanol–water partition coefficient (Wildman–Crippen LogP) is 1.39. The zero-order chi connectivity index (χ0) is 20.4. The molecular formula is C20H30N4O3S. The van der Waals surface area contributed by atoms with Gasteiger partial charge in [0.15, 0.2) is 15.8 Å². The first kappa shape index (κ1) is 20.6. The summed E-state index contributed by atoms with van der Waals surface area (Å²) >= 11 is 0. The van der Waals surface area contributed by atoms with Crippen LogP contribution in [-0.4, -0.2) is 67.3 Å². The van der Waals surface area contributed by atoms with E-state index in [-0.39, 0.29) is 11.7 Å². The molecule has 2 aliphatic heterocycles. The van der Waals surface area contributed by atoms with Crippen molar-refractivity contribution in [2.24, 2.45) is 4.99 Å². The van der Waals surface area contributed by atoms with E-state index in [1.807, 2.05) is 21.9 Å². The van der Waals surface area contributed by atoms with Crippen LogP contribution in [0.3, 0.4) is 0 Å². The van der Waals surface area contributed by atoms with Crippen LogP contribution in [0.25, 0.3) is 0 Å². The summed E-state index contributed by atoms with van der Waals surface area (Å²) in [6.07, 6.45) is 1.19. The second kappa shape index (κ2) is 8.11. The van der Waals surface area contributed by atoms with Gasteiger partial charge in [-0.25, -0.2) is 8.42 Å². The van der Waals surface area contributed by atoms with Crippen LogP contribution in [0.2, 0.25) is 0 Å². The average Bonchev–Trinajstić information content (AvgIpc) is 3.08. The average molecular weight is 407 g/mol. The van der Waals surface area contributed by atoms with E-state index in [9.17, 15) is 13.2 Å². The van der Waals surface area contributed by atoms with Crippen molar-refractivity contribution in [3.8, 4) is 0 Å². The number of sulfone groups is 1. The summed E-state index contributed by atoms with van der Waals surface area (Å²) in [5.41, 5.74) is 2.47. The summed E-state index contributed by atoms with van der Waals surface area (Å²) in [6, 6.07) is 8.17. The number of amides is 1. The highest BCUT2D eigenvalue weighted by atomic mass is 32.2. The standard InChI is InChI=1S/C20H30N4O3S/c1-20(2)15-23(11-12-28(20,26)27)19(21-3)22-10-6-9-18(25)24-13-16-7-4-5-8-17(16)14-24/h4-5,7-8H,6,9-15H2,1-3H3,(H,21,22). The van der Waals surface area contributed by atoms with E-state index in [2.05, 4.69) is 22.4 Å². The Bertz CT molecular complexity index is 839. The van der Waals surface area contributed by atoms with Gasteiger partial charge in [0.05, 0.1) is 10.5 Å². The Morgan fingerprint density at radius 2 is 1.82 bits per heavy atom. The molecule has 0 bridgehead atoms. The normalized spacial score (nSPS) is 20.8. The molecule has 2 heterocycles. The Hall–Kier alpha value is -2.09. The Morgan fingerprint density at radius 1 is 1.18 bits per heavy atom. The number of hydrogen-bond donors (Lipinski definition) is 1. The molecule has 0 saturated carbocycles. The number of carbonyl (C=O) groups excluding carboxylic acids is 1. The van der Waals surface area contributed by atoms with Crippen molar-refractivity contribution in [2.75, 3.05) is 32.4 Å². The smallest absolute Gasteiger partial charge is 0.223 e. The molecule has 0 spiro atoms. The molecule has 0 radical (unpaired) electrons. The number of fused-ring (bicyclic) bond motifs is 1. The summed E-state index contributed by atoms with van der Waals surface area (Å²) in [7, 11) is -1.38. The van der Waals surface area contributed by atoms with Crippen LogP contribution < -0.4 is 5.32 Å². The topological polar surface area (TPSA) is 82.1 Å². The number of aliphatic imine (C=N–C) groups is 1. The monoisotopic (exact) mass is 406 g/mol. The number of hydrogen-bond acceptors (Lipinski definition) is 4. The zero-order valence-electron chi connectivity index (χ0n) is 16.9. The number of nitrogens with one attached hydrogen (secondary N) is 1. The van der Waals surface area contributed by atoms with Crippen LogP contribution in [-0.2, 0) is 27.7 Å². The van der Waals surface area contributed by atoms with Crippen LogP contribution in [0.1, 0.15) is 37.8 Å². The molecule has 3 rings (SSSR count). The lowest BCUT2D eigenvalue weighted by Gasteiger charge is -2.39. The Balaban J connectivity index is 1.44. The number of guanidine groups is 1. The molecule has 1 saturated heterocycles. The quantitative estimate of drug-likeness (QED) is 0.464. The summed E-state index contributed by atoms with van der Waals surface area (Å²) in [5, 5.41) is 3.28. The lowest BCUT2D eigenvalue weighted by Crippen LogP contribution is -2.57. The Kier molecular flexibility index (Phi) is 5.98. The van der Waals surface area contributed by atoms with E-state index >= 15 is 0 Å². The minimum absolute atomic E-state index is 0.134. The number of rotatable bonds is 4. The van der Waals surface area contributed by atoms with E-state index in [0.717, 1.165) is 0 Å². The first-order valence-corrected chi connectivity index (χ1v) is 11.4. The van der Waals surface area contributed by atoms with Gasteiger partial charge in [0, 0.05) is 46.2 Å². The van der Waals surface area contributed by atoms with Gasteiger partial charge in [0.2, 0.25) is 5.91 Å². The molecule has 1 aromatic carbocycles. The molecule has 154 valence electrons. The van der Waals surface area contributed by atoms with E-state index < -0.39 is 14.6 Å². The molecule has 0 atom stereocenters. The molecule has 2 aliphatic rings. The summed E-state index contributed by atoms with van der Waals surface area (Å²) < 4.78 is 23.6. The lowest BCUT2D eigenvalue weighted by molar-refractivity contribution is -0.131. The van der Waals surface area contributed by atoms with Gasteiger partial charge in [-0.15, -0.1) is 0 Å². The minimum Gasteiger partial charge on any atom is -0.356 e. The van der Waals surface area contributed by atoms with Gasteiger partial charge in [-0.1, -0.05) is 24.3 Å². The highest BCUT2D eigenvalue weighted by molar-refractivity contribution is 7.92. The Morgan fingerprint density at radius 3 is 2.39 bits per heavy atom. The van der Waals surface area contributed by atoms with E-state index in [1.54, 1.807) is 20.9 Å². The van der Waals surface area contributed by atoms with E-state index in [1.165, 1.54) is 11.1 Å². The maximum absolute atomic E-state index is 12.5. The first-order valence-electron chi connectivity index (χ1n) is 9.76. The molecule has 1 amide bonds. The fourth-order valence-corrected chi connectivity index (χ4v) is 5.13. The number of benzene rings is 1. The molecule has 1 aromatic rings. The largest absolute Gasteiger partial charge is 0.356 e. The maximum atomic E-state index is 12.5. The van der Waals surface area contributed by atoms with Crippen molar-refractivity contribution in [1.29, 1.82) is 0 Å². The third-order valence-corrected chi connectivity index (χ3v) is 8.13. The SMILES string of the molecule is CN=C(NCCCC(=O)N1Cc2ccccc2C1)N1CCS(=O)(=O)C(C)(C)C1. The molecule has 28 heavy (non-hydrogen) atoms. The van der Waals surface area contributed by atoms with Gasteiger partial charge >= 0.3 is 0 Å². The molecule has 8 heteroatoms. The van der Waals surface area contributed by atoms with Crippen molar-refractivity contribution in [2.45, 2.75) is 44.5 Å². The lowest BCUT2D eigenvalue weighted by atomic mass is 10.1. The fraction of sp³-hybridized carbons (Fsp3) is 0.600. The molecule has 7 nitrogen and oxygen atoms in total. The third-order valence-electron chi connectivity index (χ3n) is 5.60. The molecule has 0 unspecified atom stereocenters. The van der Waals surface area contributed by atoms with Crippen molar-refractivity contribution >= 4 is 21.7 Å². The molecular weight excluding hydrogens is 376 g/mol. The predicted molar refractivity (Wildman–Crippen MR) is 111 cm³/mol. The Labute approximate surface area is 167 Å². The highest BCUT2D eigenvalue weighted by Crippen LogP contribution is 2.24. The van der Waals surface area contributed by atoms with Crippen LogP contribution >= 0.6 is 0 Å². The van der Waals surface area contributed by atoms with Crippen LogP contribution in [0.15, 0.2) is 29.3 Å². The summed E-state index contributed by atoms with van der Waals surface area (Å²) in [6.45, 7) is 6.39. The van der Waals surface area contributed by atoms with Crippen molar-refractivity contribution < 1.29 is 13.2 Å². The fourth-order valence-electron chi connectivity index (χ4n) is 3.76. The van der Waals surface area contributed by atoms with Gasteiger partial charge in [-0.2, -0.15) is 0 Å². The van der Waals surface area contributed by atoms with Crippen molar-refractivity contribution in [3.63, 3.8) is 0 Å². The van der Waals surface area contributed by atoms with Gasteiger partial charge in [0.25, 0.3) is 0 Å². The van der Waals surface area contributed by atoms with Gasteiger partial charge in [-0.05, 0) is 31.4 Å². The van der Waals surface area contributed by atoms with Crippen LogP contribution in [0, 0.1) is 0 Å².